The fourth-order valence-electron chi connectivity index (χ4n) is 4.41. The highest BCUT2D eigenvalue weighted by molar-refractivity contribution is 5.71. The predicted octanol–water partition coefficient (Wildman–Crippen LogP) is 5.57. The zero-order valence-corrected chi connectivity index (χ0v) is 19.8. The molecule has 3 rings (SSSR count). The first kappa shape index (κ1) is 24.1. The molecule has 176 valence electrons. The molecule has 2 aromatic rings. The van der Waals surface area contributed by atoms with Gasteiger partial charge in [0.2, 0.25) is 0 Å². The summed E-state index contributed by atoms with van der Waals surface area (Å²) in [7, 11) is 0. The molecular formula is C26H39N3O3. The highest BCUT2D eigenvalue weighted by atomic mass is 16.5. The highest BCUT2D eigenvalue weighted by Gasteiger charge is 2.29. The molecule has 1 aliphatic heterocycles. The van der Waals surface area contributed by atoms with Gasteiger partial charge in [-0.05, 0) is 43.5 Å². The standard InChI is InChI=1S/C26H39N3O3/c1-3-5-6-7-8-9-18-32-23-10-11-25-24(19-23)22(12-15-28-17-14-27-21-28)20-29(25)16-13-26(30)31-4-2/h10-11,14,17,19,21-22H,3-9,12-13,15-16,18,20H2,1-2H3. The van der Waals surface area contributed by atoms with Gasteiger partial charge in [0, 0.05) is 43.6 Å². The van der Waals surface area contributed by atoms with Gasteiger partial charge in [0.25, 0.3) is 0 Å². The van der Waals surface area contributed by atoms with Gasteiger partial charge in [-0.2, -0.15) is 0 Å². The molecule has 2 heterocycles. The molecular weight excluding hydrogens is 402 g/mol. The second-order valence-electron chi connectivity index (χ2n) is 8.62. The Labute approximate surface area is 192 Å². The van der Waals surface area contributed by atoms with E-state index in [1.54, 1.807) is 0 Å². The minimum absolute atomic E-state index is 0.130. The quantitative estimate of drug-likeness (QED) is 0.267. The average molecular weight is 442 g/mol. The van der Waals surface area contributed by atoms with E-state index < -0.39 is 0 Å². The van der Waals surface area contributed by atoms with E-state index in [-0.39, 0.29) is 5.97 Å². The van der Waals surface area contributed by atoms with Crippen LogP contribution in [0.5, 0.6) is 5.75 Å². The number of unbranched alkanes of at least 4 members (excludes halogenated alkanes) is 5. The van der Waals surface area contributed by atoms with Crippen LogP contribution in [0.15, 0.2) is 36.9 Å². The summed E-state index contributed by atoms with van der Waals surface area (Å²) in [6.45, 7) is 7.84. The summed E-state index contributed by atoms with van der Waals surface area (Å²) in [5, 5.41) is 0. The molecule has 0 N–H and O–H groups in total. The summed E-state index contributed by atoms with van der Waals surface area (Å²) in [5.74, 6) is 1.24. The molecule has 6 heteroatoms. The minimum Gasteiger partial charge on any atom is -0.494 e. The third kappa shape index (κ3) is 7.28. The first-order chi connectivity index (χ1) is 15.7. The van der Waals surface area contributed by atoms with Gasteiger partial charge < -0.3 is 18.9 Å². The molecule has 1 aromatic carbocycles. The van der Waals surface area contributed by atoms with E-state index >= 15 is 0 Å². The number of hydrogen-bond donors (Lipinski definition) is 0. The summed E-state index contributed by atoms with van der Waals surface area (Å²) in [4.78, 5) is 18.4. The number of fused-ring (bicyclic) bond motifs is 1. The van der Waals surface area contributed by atoms with Gasteiger partial charge in [-0.1, -0.05) is 39.0 Å². The van der Waals surface area contributed by atoms with Gasteiger partial charge in [0.1, 0.15) is 5.75 Å². The van der Waals surface area contributed by atoms with Crippen molar-refractivity contribution >= 4 is 11.7 Å². The minimum atomic E-state index is -0.130. The normalized spacial score (nSPS) is 15.1. The van der Waals surface area contributed by atoms with E-state index in [0.29, 0.717) is 25.5 Å². The number of carbonyl (C=O) groups excluding carboxylic acids is 1. The topological polar surface area (TPSA) is 56.6 Å². The first-order valence-electron chi connectivity index (χ1n) is 12.3. The molecule has 0 bridgehead atoms. The van der Waals surface area contributed by atoms with E-state index in [2.05, 4.69) is 39.6 Å². The Hall–Kier alpha value is -2.50. The van der Waals surface area contributed by atoms with Crippen molar-refractivity contribution in [3.8, 4) is 5.75 Å². The van der Waals surface area contributed by atoms with Crippen molar-refractivity contribution in [2.24, 2.45) is 0 Å². The second-order valence-corrected chi connectivity index (χ2v) is 8.62. The van der Waals surface area contributed by atoms with E-state index in [1.165, 1.54) is 43.4 Å². The maximum Gasteiger partial charge on any atom is 0.307 e. The molecule has 1 atom stereocenters. The van der Waals surface area contributed by atoms with E-state index in [0.717, 1.165) is 38.3 Å². The Bertz CT molecular complexity index is 807. The number of anilines is 1. The lowest BCUT2D eigenvalue weighted by atomic mass is 9.97. The molecule has 1 aliphatic rings. The number of rotatable bonds is 15. The fraction of sp³-hybridized carbons (Fsp3) is 0.615. The van der Waals surface area contributed by atoms with Crippen molar-refractivity contribution in [3.05, 3.63) is 42.5 Å². The second kappa shape index (κ2) is 13.1. The van der Waals surface area contributed by atoms with Crippen molar-refractivity contribution in [1.82, 2.24) is 9.55 Å². The van der Waals surface area contributed by atoms with Crippen LogP contribution in [-0.2, 0) is 16.1 Å². The van der Waals surface area contributed by atoms with Crippen LogP contribution in [0, 0.1) is 0 Å². The van der Waals surface area contributed by atoms with E-state index in [4.69, 9.17) is 9.47 Å². The lowest BCUT2D eigenvalue weighted by Crippen LogP contribution is -2.25. The van der Waals surface area contributed by atoms with Crippen molar-refractivity contribution in [2.75, 3.05) is 31.2 Å². The van der Waals surface area contributed by atoms with Gasteiger partial charge in [-0.3, -0.25) is 4.79 Å². The van der Waals surface area contributed by atoms with Crippen LogP contribution in [0.3, 0.4) is 0 Å². The lowest BCUT2D eigenvalue weighted by Gasteiger charge is -2.19. The zero-order valence-electron chi connectivity index (χ0n) is 19.8. The van der Waals surface area contributed by atoms with Crippen molar-refractivity contribution in [2.45, 2.75) is 77.7 Å². The zero-order chi connectivity index (χ0) is 22.6. The number of esters is 1. The van der Waals surface area contributed by atoms with Crippen LogP contribution < -0.4 is 9.64 Å². The van der Waals surface area contributed by atoms with Gasteiger partial charge in [0.15, 0.2) is 0 Å². The maximum atomic E-state index is 11.9. The van der Waals surface area contributed by atoms with Crippen LogP contribution in [0.2, 0.25) is 0 Å². The molecule has 0 saturated carbocycles. The SMILES string of the molecule is CCCCCCCCOc1ccc2c(c1)C(CCn1ccnc1)CN2CCC(=O)OCC. The van der Waals surface area contributed by atoms with Crippen molar-refractivity contribution in [3.63, 3.8) is 0 Å². The molecule has 0 saturated heterocycles. The Kier molecular flexibility index (Phi) is 9.92. The number of aromatic nitrogens is 2. The number of nitrogens with zero attached hydrogens (tertiary/aromatic N) is 3. The van der Waals surface area contributed by atoms with Crippen LogP contribution in [0.25, 0.3) is 0 Å². The molecule has 0 radical (unpaired) electrons. The van der Waals surface area contributed by atoms with Gasteiger partial charge in [-0.15, -0.1) is 0 Å². The van der Waals surface area contributed by atoms with E-state index in [1.807, 2.05) is 25.6 Å². The monoisotopic (exact) mass is 441 g/mol. The van der Waals surface area contributed by atoms with Gasteiger partial charge >= 0.3 is 5.97 Å². The average Bonchev–Trinajstić information content (AvgIpc) is 3.43. The maximum absolute atomic E-state index is 11.9. The lowest BCUT2D eigenvalue weighted by molar-refractivity contribution is -0.142. The molecule has 0 fully saturated rings. The van der Waals surface area contributed by atoms with Crippen LogP contribution in [-0.4, -0.2) is 41.8 Å². The summed E-state index contributed by atoms with van der Waals surface area (Å²) in [5.41, 5.74) is 2.55. The molecule has 1 unspecified atom stereocenters. The molecule has 0 aliphatic carbocycles. The molecule has 1 aromatic heterocycles. The van der Waals surface area contributed by atoms with Gasteiger partial charge in [0.05, 0.1) is 26.0 Å². The fourth-order valence-corrected chi connectivity index (χ4v) is 4.41. The third-order valence-corrected chi connectivity index (χ3v) is 6.17. The molecule has 6 nitrogen and oxygen atoms in total. The highest BCUT2D eigenvalue weighted by Crippen LogP contribution is 2.40. The number of imidazole rings is 1. The Morgan fingerprint density at radius 3 is 2.75 bits per heavy atom. The summed E-state index contributed by atoms with van der Waals surface area (Å²) < 4.78 is 13.3. The molecule has 32 heavy (non-hydrogen) atoms. The Morgan fingerprint density at radius 2 is 1.97 bits per heavy atom. The van der Waals surface area contributed by atoms with Crippen LogP contribution >= 0.6 is 0 Å². The molecule has 0 amide bonds. The Balaban J connectivity index is 1.59. The van der Waals surface area contributed by atoms with Crippen LogP contribution in [0.1, 0.15) is 76.7 Å². The summed E-state index contributed by atoms with van der Waals surface area (Å²) in [6.07, 6.45) is 14.7. The van der Waals surface area contributed by atoms with Crippen molar-refractivity contribution < 1.29 is 14.3 Å². The number of aryl methyl sites for hydroxylation is 1. The summed E-state index contributed by atoms with van der Waals surface area (Å²) >= 11 is 0. The largest absolute Gasteiger partial charge is 0.494 e. The number of hydrogen-bond acceptors (Lipinski definition) is 5. The molecule has 0 spiro atoms. The predicted molar refractivity (Wildman–Crippen MR) is 128 cm³/mol. The number of carbonyl (C=O) groups is 1. The number of ether oxygens (including phenoxy) is 2. The van der Waals surface area contributed by atoms with Crippen molar-refractivity contribution in [1.29, 1.82) is 0 Å². The van der Waals surface area contributed by atoms with Crippen LogP contribution in [0.4, 0.5) is 5.69 Å². The van der Waals surface area contributed by atoms with E-state index in [9.17, 15) is 4.79 Å². The first-order valence-corrected chi connectivity index (χ1v) is 12.3. The number of benzene rings is 1. The van der Waals surface area contributed by atoms with Gasteiger partial charge in [-0.25, -0.2) is 4.98 Å². The summed E-state index contributed by atoms with van der Waals surface area (Å²) in [6, 6.07) is 6.45. The Morgan fingerprint density at radius 1 is 1.12 bits per heavy atom. The third-order valence-electron chi connectivity index (χ3n) is 6.17. The smallest absolute Gasteiger partial charge is 0.307 e.